The monoisotopic (exact) mass is 618 g/mol. The topological polar surface area (TPSA) is 46.5 Å². The molecule has 0 saturated heterocycles. The average Bonchev–Trinajstić information content (AvgIpc) is 2.98. The Balaban J connectivity index is 1.57. The fourth-order valence-electron chi connectivity index (χ4n) is 5.67. The van der Waals surface area contributed by atoms with Gasteiger partial charge in [0.05, 0.1) is 0 Å². The van der Waals surface area contributed by atoms with Gasteiger partial charge in [0.2, 0.25) is 0 Å². The molecule has 0 aromatic heterocycles. The van der Waals surface area contributed by atoms with E-state index >= 15 is 0 Å². The van der Waals surface area contributed by atoms with Crippen molar-refractivity contribution in [2.45, 2.75) is 59.0 Å². The Morgan fingerprint density at radius 1 is 0.825 bits per heavy atom. The summed E-state index contributed by atoms with van der Waals surface area (Å²) < 4.78 is 6.35. The first-order chi connectivity index (χ1) is 19.3. The number of unbranched alkanes of at least 4 members (excludes halogenated alkanes) is 1. The van der Waals surface area contributed by atoms with Crippen molar-refractivity contribution in [1.82, 2.24) is 0 Å². The molecule has 3 nitrogen and oxygen atoms in total. The molecule has 0 spiro atoms. The molecule has 0 fully saturated rings. The number of ketones is 1. The molecule has 4 rings (SSSR count). The van der Waals surface area contributed by atoms with Gasteiger partial charge in [-0.25, -0.2) is 0 Å². The minimum atomic E-state index is -2.92. The molecule has 0 heterocycles. The number of carbonyl (C=O) groups excluding carboxylic acids is 1. The predicted octanol–water partition coefficient (Wildman–Crippen LogP) is 8.32. The third-order valence-corrected chi connectivity index (χ3v) is 17.8. The maximum absolute atomic E-state index is 11.9. The molecule has 4 aromatic rings. The van der Waals surface area contributed by atoms with E-state index in [1.54, 1.807) is 6.07 Å². The van der Waals surface area contributed by atoms with E-state index in [-0.39, 0.29) is 17.6 Å². The van der Waals surface area contributed by atoms with Gasteiger partial charge in [-0.1, -0.05) is 0 Å². The van der Waals surface area contributed by atoms with Crippen LogP contribution < -0.4 is 20.7 Å². The Kier molecular flexibility index (Phi) is 9.87. The van der Waals surface area contributed by atoms with E-state index in [9.17, 15) is 9.90 Å². The van der Waals surface area contributed by atoms with Crippen LogP contribution in [0.4, 0.5) is 0 Å². The number of rotatable bonds is 13. The zero-order valence-corrected chi connectivity index (χ0v) is 26.2. The summed E-state index contributed by atoms with van der Waals surface area (Å²) in [6, 6.07) is 36.2. The standard InChI is InChI=1S/C35H40BrO3P/c1-4-16-33-34(25-24-32(28(3)37)35(33)38)39-27(2)17-14-15-26-40(36,29-18-8-5-9-19-29,30-20-10-6-11-21-30)31-22-12-7-13-23-31/h5-13,18-25,27,38H,4,14-17,26H2,1-3H3. The van der Waals surface area contributed by atoms with Crippen molar-refractivity contribution in [1.29, 1.82) is 0 Å². The number of carbonyl (C=O) groups is 1. The molecule has 1 N–H and O–H groups in total. The molecule has 1 atom stereocenters. The number of Topliss-reactive ketones (excluding diaryl/α,β-unsaturated/α-hetero) is 1. The van der Waals surface area contributed by atoms with Crippen molar-refractivity contribution in [3.05, 3.63) is 114 Å². The van der Waals surface area contributed by atoms with Gasteiger partial charge in [-0.05, 0) is 0 Å². The second kappa shape index (κ2) is 13.1. The molecule has 0 radical (unpaired) electrons. The quantitative estimate of drug-likeness (QED) is 0.0930. The third kappa shape index (κ3) is 6.04. The van der Waals surface area contributed by atoms with E-state index in [1.165, 1.54) is 22.8 Å². The number of aromatic hydroxyl groups is 1. The van der Waals surface area contributed by atoms with Crippen LogP contribution in [0.2, 0.25) is 0 Å². The van der Waals surface area contributed by atoms with Crippen LogP contribution in [-0.4, -0.2) is 23.2 Å². The summed E-state index contributed by atoms with van der Waals surface area (Å²) in [5.74, 6) is 0.597. The van der Waals surface area contributed by atoms with Crippen LogP contribution in [0.15, 0.2) is 103 Å². The Hall–Kier alpha value is -2.94. The Bertz CT molecular complexity index is 1310. The molecule has 1 unspecified atom stereocenters. The second-order valence-corrected chi connectivity index (χ2v) is 19.6. The molecule has 0 saturated carbocycles. The van der Waals surface area contributed by atoms with E-state index in [2.05, 4.69) is 120 Å². The molecule has 0 bridgehead atoms. The van der Waals surface area contributed by atoms with Crippen LogP contribution in [0.1, 0.15) is 62.4 Å². The second-order valence-electron chi connectivity index (χ2n) is 10.6. The molecule has 0 amide bonds. The summed E-state index contributed by atoms with van der Waals surface area (Å²) in [5, 5.41) is 11.8. The van der Waals surface area contributed by atoms with E-state index in [4.69, 9.17) is 4.74 Å². The number of phenols is 1. The van der Waals surface area contributed by atoms with Crippen molar-refractivity contribution in [3.8, 4) is 11.5 Å². The van der Waals surface area contributed by atoms with Gasteiger partial charge in [-0.15, -0.1) is 0 Å². The zero-order valence-electron chi connectivity index (χ0n) is 23.7. The van der Waals surface area contributed by atoms with E-state index in [0.717, 1.165) is 37.4 Å². The number of benzene rings is 4. The zero-order chi connectivity index (χ0) is 28.6. The van der Waals surface area contributed by atoms with Crippen LogP contribution in [0.3, 0.4) is 0 Å². The minimum absolute atomic E-state index is 0.0234. The summed E-state index contributed by atoms with van der Waals surface area (Å²) in [7, 11) is 0. The number of ether oxygens (including phenoxy) is 1. The summed E-state index contributed by atoms with van der Waals surface area (Å²) >= 11 is 4.54. The van der Waals surface area contributed by atoms with Gasteiger partial charge in [0.15, 0.2) is 0 Å². The first-order valence-corrected chi connectivity index (χ1v) is 18.7. The molecule has 40 heavy (non-hydrogen) atoms. The van der Waals surface area contributed by atoms with E-state index < -0.39 is 5.31 Å². The molecule has 0 aliphatic rings. The molecule has 210 valence electrons. The van der Waals surface area contributed by atoms with Crippen LogP contribution in [0.25, 0.3) is 0 Å². The molecule has 0 aliphatic carbocycles. The summed E-state index contributed by atoms with van der Waals surface area (Å²) in [4.78, 5) is 11.9. The number of hydrogen-bond acceptors (Lipinski definition) is 3. The number of phenolic OH excluding ortho intramolecular Hbond substituents is 1. The number of hydrogen-bond donors (Lipinski definition) is 1. The van der Waals surface area contributed by atoms with Gasteiger partial charge in [-0.3, -0.25) is 0 Å². The van der Waals surface area contributed by atoms with E-state index in [0.29, 0.717) is 17.7 Å². The average molecular weight is 620 g/mol. The van der Waals surface area contributed by atoms with Gasteiger partial charge < -0.3 is 0 Å². The molecule has 5 heteroatoms. The number of halogens is 1. The maximum atomic E-state index is 11.9. The van der Waals surface area contributed by atoms with Gasteiger partial charge >= 0.3 is 248 Å². The van der Waals surface area contributed by atoms with E-state index in [1.807, 2.05) is 6.07 Å². The molecule has 4 aromatic carbocycles. The van der Waals surface area contributed by atoms with Crippen molar-refractivity contribution in [2.24, 2.45) is 0 Å². The van der Waals surface area contributed by atoms with Crippen LogP contribution >= 0.6 is 20.8 Å². The summed E-state index contributed by atoms with van der Waals surface area (Å²) in [6.07, 6.45) is 5.40. The fourth-order valence-corrected chi connectivity index (χ4v) is 13.4. The van der Waals surface area contributed by atoms with Crippen molar-refractivity contribution in [2.75, 3.05) is 6.16 Å². The van der Waals surface area contributed by atoms with Gasteiger partial charge in [0, 0.05) is 0 Å². The summed E-state index contributed by atoms with van der Waals surface area (Å²) in [6.45, 7) is 5.63. The molecular weight excluding hydrogens is 579 g/mol. The van der Waals surface area contributed by atoms with Gasteiger partial charge in [0.1, 0.15) is 0 Å². The van der Waals surface area contributed by atoms with Crippen molar-refractivity contribution in [3.63, 3.8) is 0 Å². The van der Waals surface area contributed by atoms with Crippen molar-refractivity contribution >= 4 is 42.5 Å². The summed E-state index contributed by atoms with van der Waals surface area (Å²) in [5.41, 5.74) is 1.08. The van der Waals surface area contributed by atoms with Crippen LogP contribution in [-0.2, 0) is 6.42 Å². The SMILES string of the molecule is CCCc1c(OC(C)CCCCP(Br)(c2ccccc2)(c2ccccc2)c2ccccc2)ccc(C(C)=O)c1O. The van der Waals surface area contributed by atoms with Crippen molar-refractivity contribution < 1.29 is 14.6 Å². The normalized spacial score (nSPS) is 13.2. The molecule has 0 aliphatic heterocycles. The molecular formula is C35H40BrO3P. The van der Waals surface area contributed by atoms with Gasteiger partial charge in [0.25, 0.3) is 0 Å². The first-order valence-electron chi connectivity index (χ1n) is 14.2. The Morgan fingerprint density at radius 2 is 1.32 bits per heavy atom. The van der Waals surface area contributed by atoms with Crippen LogP contribution in [0, 0.1) is 0 Å². The fraction of sp³-hybridized carbons (Fsp3) is 0.286. The van der Waals surface area contributed by atoms with Gasteiger partial charge in [-0.2, -0.15) is 0 Å². The van der Waals surface area contributed by atoms with Crippen LogP contribution in [0.5, 0.6) is 11.5 Å². The predicted molar refractivity (Wildman–Crippen MR) is 175 cm³/mol. The Labute approximate surface area is 247 Å². The third-order valence-electron chi connectivity index (χ3n) is 7.77. The Morgan fingerprint density at radius 3 is 1.77 bits per heavy atom. The first kappa shape index (κ1) is 30.0.